The van der Waals surface area contributed by atoms with Crippen molar-refractivity contribution in [3.05, 3.63) is 64.4 Å². The zero-order valence-electron chi connectivity index (χ0n) is 17.0. The topological polar surface area (TPSA) is 73.2 Å². The molecule has 2 aromatic carbocycles. The number of benzene rings is 2. The van der Waals surface area contributed by atoms with Gasteiger partial charge in [-0.3, -0.25) is 14.2 Å². The number of hydrogen-bond acceptors (Lipinski definition) is 5. The third-order valence-electron chi connectivity index (χ3n) is 5.23. The fourth-order valence-corrected chi connectivity index (χ4v) is 4.37. The van der Waals surface area contributed by atoms with Crippen molar-refractivity contribution in [1.82, 2.24) is 14.9 Å². The lowest BCUT2D eigenvalue weighted by Gasteiger charge is -2.14. The standard InChI is InChI=1S/C23H25N3O3S/c1-2-16-9-11-17(12-10-16)26-22(28)19-7-3-4-8-20(19)25-23(26)30-15-21(27)24-14-18-6-5-13-29-18/h3-4,7-12,18H,2,5-6,13-15H2,1H3,(H,24,27)/t18-/m0/s1. The molecule has 1 saturated heterocycles. The molecular weight excluding hydrogens is 398 g/mol. The van der Waals surface area contributed by atoms with E-state index in [4.69, 9.17) is 4.74 Å². The van der Waals surface area contributed by atoms with E-state index in [9.17, 15) is 9.59 Å². The van der Waals surface area contributed by atoms with Crippen LogP contribution in [0.3, 0.4) is 0 Å². The minimum Gasteiger partial charge on any atom is -0.376 e. The van der Waals surface area contributed by atoms with Crippen LogP contribution in [0.1, 0.15) is 25.3 Å². The fourth-order valence-electron chi connectivity index (χ4n) is 3.53. The second kappa shape index (κ2) is 9.45. The van der Waals surface area contributed by atoms with Gasteiger partial charge in [0.25, 0.3) is 5.56 Å². The van der Waals surface area contributed by atoms with Crippen LogP contribution < -0.4 is 10.9 Å². The smallest absolute Gasteiger partial charge is 0.266 e. The first-order valence-corrected chi connectivity index (χ1v) is 11.3. The minimum absolute atomic E-state index is 0.0919. The van der Waals surface area contributed by atoms with Crippen molar-refractivity contribution in [3.8, 4) is 5.69 Å². The average Bonchev–Trinajstić information content (AvgIpc) is 3.30. The zero-order valence-corrected chi connectivity index (χ0v) is 17.8. The molecule has 0 aliphatic carbocycles. The van der Waals surface area contributed by atoms with Gasteiger partial charge in [-0.2, -0.15) is 0 Å². The number of carbonyl (C=O) groups is 1. The molecule has 1 amide bonds. The van der Waals surface area contributed by atoms with Crippen LogP contribution in [-0.4, -0.2) is 40.5 Å². The second-order valence-corrected chi connectivity index (χ2v) is 8.24. The lowest BCUT2D eigenvalue weighted by atomic mass is 10.1. The number of carbonyl (C=O) groups excluding carboxylic acids is 1. The largest absolute Gasteiger partial charge is 0.376 e. The molecule has 1 aliphatic heterocycles. The molecule has 6 nitrogen and oxygen atoms in total. The Balaban J connectivity index is 1.60. The quantitative estimate of drug-likeness (QED) is 0.466. The molecule has 0 unspecified atom stereocenters. The Hall–Kier alpha value is -2.64. The van der Waals surface area contributed by atoms with E-state index >= 15 is 0 Å². The highest BCUT2D eigenvalue weighted by molar-refractivity contribution is 7.99. The van der Waals surface area contributed by atoms with Gasteiger partial charge in [0.05, 0.1) is 28.4 Å². The summed E-state index contributed by atoms with van der Waals surface area (Å²) in [6, 6.07) is 15.2. The molecule has 0 saturated carbocycles. The van der Waals surface area contributed by atoms with Crippen LogP contribution in [0.15, 0.2) is 58.5 Å². The summed E-state index contributed by atoms with van der Waals surface area (Å²) in [5.41, 5.74) is 2.44. The Labute approximate surface area is 179 Å². The lowest BCUT2D eigenvalue weighted by Crippen LogP contribution is -2.33. The number of amides is 1. The van der Waals surface area contributed by atoms with Crippen molar-refractivity contribution in [2.75, 3.05) is 18.9 Å². The van der Waals surface area contributed by atoms with Crippen molar-refractivity contribution in [2.45, 2.75) is 37.4 Å². The summed E-state index contributed by atoms with van der Waals surface area (Å²) in [7, 11) is 0. The molecule has 0 radical (unpaired) electrons. The van der Waals surface area contributed by atoms with Crippen LogP contribution in [0.2, 0.25) is 0 Å². The highest BCUT2D eigenvalue weighted by Gasteiger charge is 2.18. The summed E-state index contributed by atoms with van der Waals surface area (Å²) in [6.45, 7) is 3.38. The van der Waals surface area contributed by atoms with E-state index in [1.54, 1.807) is 10.6 Å². The Bertz CT molecular complexity index is 1090. The Morgan fingerprint density at radius 1 is 1.23 bits per heavy atom. The van der Waals surface area contributed by atoms with Crippen LogP contribution in [-0.2, 0) is 16.0 Å². The van der Waals surface area contributed by atoms with Crippen LogP contribution in [0.25, 0.3) is 16.6 Å². The van der Waals surface area contributed by atoms with Crippen molar-refractivity contribution < 1.29 is 9.53 Å². The average molecular weight is 424 g/mol. The molecule has 7 heteroatoms. The molecule has 1 fully saturated rings. The summed E-state index contributed by atoms with van der Waals surface area (Å²) in [4.78, 5) is 30.3. The number of fused-ring (bicyclic) bond motifs is 1. The molecular formula is C23H25N3O3S. The Kier molecular flexibility index (Phi) is 6.50. The van der Waals surface area contributed by atoms with Gasteiger partial charge in [-0.05, 0) is 49.1 Å². The van der Waals surface area contributed by atoms with Crippen molar-refractivity contribution in [1.29, 1.82) is 0 Å². The summed E-state index contributed by atoms with van der Waals surface area (Å²) < 4.78 is 7.14. The molecule has 4 rings (SSSR count). The predicted molar refractivity (Wildman–Crippen MR) is 119 cm³/mol. The van der Waals surface area contributed by atoms with Crippen molar-refractivity contribution >= 4 is 28.6 Å². The molecule has 1 aliphatic rings. The number of ether oxygens (including phenoxy) is 1. The second-order valence-electron chi connectivity index (χ2n) is 7.30. The number of thioether (sulfide) groups is 1. The van der Waals surface area contributed by atoms with Gasteiger partial charge >= 0.3 is 0 Å². The zero-order chi connectivity index (χ0) is 20.9. The van der Waals surface area contributed by atoms with E-state index in [0.717, 1.165) is 31.6 Å². The molecule has 0 bridgehead atoms. The summed E-state index contributed by atoms with van der Waals surface area (Å²) >= 11 is 1.27. The van der Waals surface area contributed by atoms with Crippen LogP contribution >= 0.6 is 11.8 Å². The lowest BCUT2D eigenvalue weighted by molar-refractivity contribution is -0.119. The molecule has 3 aromatic rings. The highest BCUT2D eigenvalue weighted by atomic mass is 32.2. The molecule has 1 atom stereocenters. The number of nitrogens with one attached hydrogen (secondary N) is 1. The number of aryl methyl sites for hydroxylation is 1. The predicted octanol–water partition coefficient (Wildman–Crippen LogP) is 3.34. The van der Waals surface area contributed by atoms with E-state index in [1.807, 2.05) is 42.5 Å². The molecule has 2 heterocycles. The maximum absolute atomic E-state index is 13.2. The van der Waals surface area contributed by atoms with Gasteiger partial charge in [-0.15, -0.1) is 0 Å². The fraction of sp³-hybridized carbons (Fsp3) is 0.348. The van der Waals surface area contributed by atoms with Gasteiger partial charge in [-0.25, -0.2) is 4.98 Å². The van der Waals surface area contributed by atoms with E-state index in [0.29, 0.717) is 22.6 Å². The van der Waals surface area contributed by atoms with Gasteiger partial charge in [0, 0.05) is 13.2 Å². The van der Waals surface area contributed by atoms with E-state index < -0.39 is 0 Å². The molecule has 30 heavy (non-hydrogen) atoms. The summed E-state index contributed by atoms with van der Waals surface area (Å²) in [5.74, 6) is 0.0932. The SMILES string of the molecule is CCc1ccc(-n2c(SCC(=O)NC[C@@H]3CCCO3)nc3ccccc3c2=O)cc1. The number of rotatable bonds is 7. The first kappa shape index (κ1) is 20.6. The summed E-state index contributed by atoms with van der Waals surface area (Å²) in [6.07, 6.45) is 3.05. The minimum atomic E-state index is -0.132. The van der Waals surface area contributed by atoms with Crippen molar-refractivity contribution in [3.63, 3.8) is 0 Å². The highest BCUT2D eigenvalue weighted by Crippen LogP contribution is 2.22. The van der Waals surface area contributed by atoms with Gasteiger partial charge in [0.1, 0.15) is 0 Å². The van der Waals surface area contributed by atoms with Gasteiger partial charge in [0.2, 0.25) is 5.91 Å². The number of nitrogens with zero attached hydrogens (tertiary/aromatic N) is 2. The molecule has 0 spiro atoms. The molecule has 1 aromatic heterocycles. The Morgan fingerprint density at radius 2 is 2.03 bits per heavy atom. The number of hydrogen-bond donors (Lipinski definition) is 1. The first-order valence-electron chi connectivity index (χ1n) is 10.3. The molecule has 1 N–H and O–H groups in total. The molecule has 156 valence electrons. The van der Waals surface area contributed by atoms with Gasteiger partial charge in [-0.1, -0.05) is 43.0 Å². The van der Waals surface area contributed by atoms with Crippen molar-refractivity contribution in [2.24, 2.45) is 0 Å². The van der Waals surface area contributed by atoms with Crippen LogP contribution in [0.5, 0.6) is 0 Å². The number of aromatic nitrogens is 2. The maximum Gasteiger partial charge on any atom is 0.266 e. The van der Waals surface area contributed by atoms with Gasteiger partial charge < -0.3 is 10.1 Å². The Morgan fingerprint density at radius 3 is 2.77 bits per heavy atom. The number of para-hydroxylation sites is 1. The van der Waals surface area contributed by atoms with Crippen LogP contribution in [0.4, 0.5) is 0 Å². The maximum atomic E-state index is 13.2. The van der Waals surface area contributed by atoms with E-state index in [2.05, 4.69) is 17.2 Å². The van der Waals surface area contributed by atoms with E-state index in [-0.39, 0.29) is 23.3 Å². The third-order valence-corrected chi connectivity index (χ3v) is 6.17. The first-order chi connectivity index (χ1) is 14.7. The normalized spacial score (nSPS) is 16.1. The summed E-state index contributed by atoms with van der Waals surface area (Å²) in [5, 5.41) is 3.99. The van der Waals surface area contributed by atoms with E-state index in [1.165, 1.54) is 17.3 Å². The van der Waals surface area contributed by atoms with Gasteiger partial charge in [0.15, 0.2) is 5.16 Å². The van der Waals surface area contributed by atoms with Crippen LogP contribution in [0, 0.1) is 0 Å². The third kappa shape index (κ3) is 4.57. The monoisotopic (exact) mass is 423 g/mol.